The fourth-order valence-corrected chi connectivity index (χ4v) is 4.12. The maximum Gasteiger partial charge on any atom is 0.264 e. The second-order valence-corrected chi connectivity index (χ2v) is 7.84. The van der Waals surface area contributed by atoms with Crippen molar-refractivity contribution in [2.24, 2.45) is 4.99 Å². The van der Waals surface area contributed by atoms with E-state index in [4.69, 9.17) is 0 Å². The van der Waals surface area contributed by atoms with E-state index in [1.165, 1.54) is 42.1 Å². The van der Waals surface area contributed by atoms with Gasteiger partial charge in [-0.2, -0.15) is 0 Å². The van der Waals surface area contributed by atoms with Crippen LogP contribution in [0.25, 0.3) is 6.08 Å². The van der Waals surface area contributed by atoms with Gasteiger partial charge in [-0.1, -0.05) is 0 Å². The maximum atomic E-state index is 14.6. The van der Waals surface area contributed by atoms with Crippen molar-refractivity contribution in [3.05, 3.63) is 64.1 Å². The van der Waals surface area contributed by atoms with Gasteiger partial charge in [0, 0.05) is 13.1 Å². The lowest BCUT2D eigenvalue weighted by Crippen LogP contribution is -2.19. The highest BCUT2D eigenvalue weighted by Gasteiger charge is 2.24. The molecule has 2 aromatic carbocycles. The monoisotopic (exact) mass is 399 g/mol. The summed E-state index contributed by atoms with van der Waals surface area (Å²) in [5, 5.41) is 3.10. The summed E-state index contributed by atoms with van der Waals surface area (Å²) in [5.74, 6) is -0.903. The van der Waals surface area contributed by atoms with Crippen molar-refractivity contribution >= 4 is 40.3 Å². The smallest absolute Gasteiger partial charge is 0.264 e. The van der Waals surface area contributed by atoms with E-state index in [0.29, 0.717) is 27.0 Å². The largest absolute Gasteiger partial charge is 0.369 e. The Morgan fingerprint density at radius 2 is 1.86 bits per heavy atom. The number of nitrogens with zero attached hydrogens (tertiary/aromatic N) is 2. The first kappa shape index (κ1) is 18.7. The molecule has 2 aromatic rings. The van der Waals surface area contributed by atoms with Gasteiger partial charge in [0.25, 0.3) is 5.91 Å². The summed E-state index contributed by atoms with van der Waals surface area (Å²) in [6.07, 6.45) is 3.84. The molecule has 4 rings (SSSR count). The molecule has 0 aromatic heterocycles. The number of hydrogen-bond donors (Lipinski definition) is 1. The number of amidine groups is 1. The summed E-state index contributed by atoms with van der Waals surface area (Å²) in [5.41, 5.74) is 2.75. The zero-order chi connectivity index (χ0) is 19.7. The Labute approximate surface area is 166 Å². The minimum absolute atomic E-state index is 0.275. The van der Waals surface area contributed by atoms with Gasteiger partial charge in [-0.15, -0.1) is 0 Å². The van der Waals surface area contributed by atoms with Crippen LogP contribution in [-0.4, -0.2) is 24.2 Å². The van der Waals surface area contributed by atoms with Gasteiger partial charge in [-0.25, -0.2) is 13.8 Å². The molecule has 0 radical (unpaired) electrons. The lowest BCUT2D eigenvalue weighted by atomic mass is 10.1. The maximum absolute atomic E-state index is 14.6. The molecule has 28 heavy (non-hydrogen) atoms. The van der Waals surface area contributed by atoms with Crippen molar-refractivity contribution in [1.82, 2.24) is 5.32 Å². The van der Waals surface area contributed by atoms with E-state index in [-0.39, 0.29) is 17.5 Å². The standard InChI is InChI=1S/C21H19F2N3OS/c1-13-10-18(26-8-2-3-9-26)17(23)11-14(13)12-19-20(27)25-21(28-19)24-16-6-4-15(22)5-7-16/h4-7,10-12H,2-3,8-9H2,1H3,(H,24,25,27)/b19-12-. The third-order valence-corrected chi connectivity index (χ3v) is 5.69. The first-order valence-corrected chi connectivity index (χ1v) is 9.91. The molecule has 0 saturated carbocycles. The number of halogens is 2. The lowest BCUT2D eigenvalue weighted by Gasteiger charge is -2.19. The molecule has 2 saturated heterocycles. The number of amides is 1. The van der Waals surface area contributed by atoms with Gasteiger partial charge in [0.2, 0.25) is 0 Å². The van der Waals surface area contributed by atoms with Crippen LogP contribution >= 0.6 is 11.8 Å². The number of carbonyl (C=O) groups is 1. The van der Waals surface area contributed by atoms with Crippen molar-refractivity contribution < 1.29 is 13.6 Å². The Morgan fingerprint density at radius 3 is 2.57 bits per heavy atom. The molecule has 2 aliphatic heterocycles. The van der Waals surface area contributed by atoms with E-state index in [2.05, 4.69) is 15.2 Å². The van der Waals surface area contributed by atoms with E-state index in [9.17, 15) is 13.6 Å². The predicted octanol–water partition coefficient (Wildman–Crippen LogP) is 4.77. The third-order valence-electron chi connectivity index (χ3n) is 4.78. The number of benzene rings is 2. The number of hydrogen-bond acceptors (Lipinski definition) is 4. The molecule has 0 aliphatic carbocycles. The first-order chi connectivity index (χ1) is 13.5. The molecule has 2 aliphatic rings. The van der Waals surface area contributed by atoms with Crippen LogP contribution in [0.4, 0.5) is 20.2 Å². The molecule has 1 N–H and O–H groups in total. The Kier molecular flexibility index (Phi) is 5.17. The van der Waals surface area contributed by atoms with Crippen molar-refractivity contribution in [2.45, 2.75) is 19.8 Å². The van der Waals surface area contributed by atoms with Crippen LogP contribution in [0.15, 0.2) is 46.3 Å². The van der Waals surface area contributed by atoms with E-state index >= 15 is 0 Å². The summed E-state index contributed by atoms with van der Waals surface area (Å²) in [4.78, 5) is 19.1. The molecule has 144 valence electrons. The highest BCUT2D eigenvalue weighted by molar-refractivity contribution is 8.18. The minimum Gasteiger partial charge on any atom is -0.369 e. The van der Waals surface area contributed by atoms with Crippen molar-refractivity contribution in [3.8, 4) is 0 Å². The summed E-state index contributed by atoms with van der Waals surface area (Å²) < 4.78 is 27.6. The van der Waals surface area contributed by atoms with E-state index in [1.807, 2.05) is 13.0 Å². The van der Waals surface area contributed by atoms with E-state index in [0.717, 1.165) is 31.5 Å². The second-order valence-electron chi connectivity index (χ2n) is 6.81. The Balaban J connectivity index is 1.57. The molecule has 7 heteroatoms. The SMILES string of the molecule is Cc1cc(N2CCCC2)c(F)cc1/C=C1\SC(=Nc2ccc(F)cc2)NC1=O. The summed E-state index contributed by atoms with van der Waals surface area (Å²) >= 11 is 1.18. The van der Waals surface area contributed by atoms with Gasteiger partial charge in [-0.05, 0) is 85.1 Å². The number of anilines is 1. The number of carbonyl (C=O) groups excluding carboxylic acids is 1. The average Bonchev–Trinajstić information content (AvgIpc) is 3.30. The quantitative estimate of drug-likeness (QED) is 0.757. The van der Waals surface area contributed by atoms with Crippen LogP contribution in [0.2, 0.25) is 0 Å². The molecule has 4 nitrogen and oxygen atoms in total. The van der Waals surface area contributed by atoms with Gasteiger partial charge in [-0.3, -0.25) is 4.79 Å². The van der Waals surface area contributed by atoms with Crippen LogP contribution in [0.5, 0.6) is 0 Å². The van der Waals surface area contributed by atoms with Crippen molar-refractivity contribution in [2.75, 3.05) is 18.0 Å². The summed E-state index contributed by atoms with van der Waals surface area (Å²) in [7, 11) is 0. The molecule has 2 fully saturated rings. The predicted molar refractivity (Wildman–Crippen MR) is 110 cm³/mol. The molecule has 0 unspecified atom stereocenters. The fourth-order valence-electron chi connectivity index (χ4n) is 3.29. The number of rotatable bonds is 3. The minimum atomic E-state index is -0.345. The zero-order valence-electron chi connectivity index (χ0n) is 15.3. The van der Waals surface area contributed by atoms with E-state index in [1.54, 1.807) is 6.08 Å². The highest BCUT2D eigenvalue weighted by Crippen LogP contribution is 2.31. The molecule has 0 atom stereocenters. The molecule has 1 amide bonds. The number of aryl methyl sites for hydroxylation is 1. The summed E-state index contributed by atoms with van der Waals surface area (Å²) in [6, 6.07) is 9.02. The van der Waals surface area contributed by atoms with Gasteiger partial charge < -0.3 is 10.2 Å². The molecule has 0 spiro atoms. The topological polar surface area (TPSA) is 44.7 Å². The van der Waals surface area contributed by atoms with Crippen molar-refractivity contribution in [1.29, 1.82) is 0 Å². The third kappa shape index (κ3) is 3.94. The number of thioether (sulfide) groups is 1. The fraction of sp³-hybridized carbons (Fsp3) is 0.238. The zero-order valence-corrected chi connectivity index (χ0v) is 16.2. The number of aliphatic imine (C=N–C) groups is 1. The van der Waals surface area contributed by atoms with Crippen LogP contribution in [0.1, 0.15) is 24.0 Å². The average molecular weight is 399 g/mol. The molecule has 2 heterocycles. The Morgan fingerprint density at radius 1 is 1.14 bits per heavy atom. The van der Waals surface area contributed by atoms with Crippen molar-refractivity contribution in [3.63, 3.8) is 0 Å². The normalized spacial score (nSPS) is 19.7. The van der Waals surface area contributed by atoms with Crippen LogP contribution in [-0.2, 0) is 4.79 Å². The lowest BCUT2D eigenvalue weighted by molar-refractivity contribution is -0.115. The highest BCUT2D eigenvalue weighted by atomic mass is 32.2. The van der Waals surface area contributed by atoms with E-state index < -0.39 is 0 Å². The van der Waals surface area contributed by atoms with Crippen LogP contribution < -0.4 is 10.2 Å². The molecular weight excluding hydrogens is 380 g/mol. The van der Waals surface area contributed by atoms with Gasteiger partial charge in [0.05, 0.1) is 16.3 Å². The van der Waals surface area contributed by atoms with Gasteiger partial charge in [0.1, 0.15) is 11.6 Å². The second kappa shape index (κ2) is 7.75. The Bertz CT molecular complexity index is 980. The number of nitrogens with one attached hydrogen (secondary N) is 1. The first-order valence-electron chi connectivity index (χ1n) is 9.10. The molecule has 0 bridgehead atoms. The summed E-state index contributed by atoms with van der Waals surface area (Å²) in [6.45, 7) is 3.66. The molecular formula is C21H19F2N3OS. The van der Waals surface area contributed by atoms with Crippen LogP contribution in [0, 0.1) is 18.6 Å². The van der Waals surface area contributed by atoms with Gasteiger partial charge in [0.15, 0.2) is 5.17 Å². The van der Waals surface area contributed by atoms with Gasteiger partial charge >= 0.3 is 0 Å². The Hall–Kier alpha value is -2.67. The van der Waals surface area contributed by atoms with Crippen LogP contribution in [0.3, 0.4) is 0 Å².